The maximum atomic E-state index is 11.6. The van der Waals surface area contributed by atoms with E-state index in [0.29, 0.717) is 6.54 Å². The smallest absolute Gasteiger partial charge is 0.237 e. The molecule has 0 bridgehead atoms. The first-order valence-corrected chi connectivity index (χ1v) is 5.46. The van der Waals surface area contributed by atoms with Crippen molar-refractivity contribution in [3.05, 3.63) is 29.6 Å². The van der Waals surface area contributed by atoms with E-state index < -0.39 is 6.04 Å². The number of pyridine rings is 1. The highest BCUT2D eigenvalue weighted by atomic mass is 16.2. The summed E-state index contributed by atoms with van der Waals surface area (Å²) in [7, 11) is 0. The summed E-state index contributed by atoms with van der Waals surface area (Å²) in [6, 6.07) is 3.39. The second-order valence-corrected chi connectivity index (χ2v) is 4.25. The van der Waals surface area contributed by atoms with Gasteiger partial charge in [0.2, 0.25) is 5.91 Å². The number of rotatable bonds is 4. The van der Waals surface area contributed by atoms with Crippen LogP contribution < -0.4 is 11.1 Å². The third kappa shape index (κ3) is 3.31. The van der Waals surface area contributed by atoms with Crippen molar-refractivity contribution in [3.63, 3.8) is 0 Å². The molecule has 0 aliphatic rings. The first-order valence-electron chi connectivity index (χ1n) is 5.46. The second-order valence-electron chi connectivity index (χ2n) is 4.25. The van der Waals surface area contributed by atoms with Crippen LogP contribution in [0.15, 0.2) is 18.3 Å². The summed E-state index contributed by atoms with van der Waals surface area (Å²) in [4.78, 5) is 15.8. The zero-order valence-corrected chi connectivity index (χ0v) is 10.0. The first kappa shape index (κ1) is 12.6. The van der Waals surface area contributed by atoms with Crippen molar-refractivity contribution >= 4 is 5.91 Å². The molecule has 1 aromatic rings. The van der Waals surface area contributed by atoms with E-state index in [1.54, 1.807) is 6.20 Å². The topological polar surface area (TPSA) is 68.0 Å². The molecule has 1 amide bonds. The molecular formula is C12H19N3O. The van der Waals surface area contributed by atoms with Gasteiger partial charge in [0.05, 0.1) is 18.3 Å². The maximum absolute atomic E-state index is 11.6. The quantitative estimate of drug-likeness (QED) is 0.796. The largest absolute Gasteiger partial charge is 0.349 e. The number of hydrogen-bond acceptors (Lipinski definition) is 3. The maximum Gasteiger partial charge on any atom is 0.237 e. The van der Waals surface area contributed by atoms with Crippen molar-refractivity contribution in [2.75, 3.05) is 0 Å². The highest BCUT2D eigenvalue weighted by Gasteiger charge is 2.16. The van der Waals surface area contributed by atoms with Gasteiger partial charge in [-0.3, -0.25) is 9.78 Å². The van der Waals surface area contributed by atoms with Crippen molar-refractivity contribution in [2.24, 2.45) is 11.7 Å². The molecule has 4 nitrogen and oxygen atoms in total. The molecule has 3 N–H and O–H groups in total. The average molecular weight is 221 g/mol. The lowest BCUT2D eigenvalue weighted by atomic mass is 10.1. The Balaban J connectivity index is 2.52. The Hall–Kier alpha value is -1.42. The number of carbonyl (C=O) groups is 1. The number of hydrogen-bond donors (Lipinski definition) is 2. The van der Waals surface area contributed by atoms with Gasteiger partial charge in [0.1, 0.15) is 0 Å². The number of aryl methyl sites for hydroxylation is 1. The van der Waals surface area contributed by atoms with Crippen molar-refractivity contribution < 1.29 is 4.79 Å². The molecule has 0 aliphatic heterocycles. The molecule has 1 rings (SSSR count). The minimum Gasteiger partial charge on any atom is -0.349 e. The fourth-order valence-corrected chi connectivity index (χ4v) is 1.29. The van der Waals surface area contributed by atoms with Gasteiger partial charge in [0, 0.05) is 6.20 Å². The van der Waals surface area contributed by atoms with Gasteiger partial charge in [-0.2, -0.15) is 0 Å². The second kappa shape index (κ2) is 5.61. The third-order valence-corrected chi connectivity index (χ3v) is 2.57. The summed E-state index contributed by atoms with van der Waals surface area (Å²) in [5.41, 5.74) is 7.68. The molecule has 1 atom stereocenters. The van der Waals surface area contributed by atoms with E-state index in [4.69, 9.17) is 5.73 Å². The molecule has 0 fully saturated rings. The lowest BCUT2D eigenvalue weighted by Gasteiger charge is -2.15. The molecule has 1 heterocycles. The zero-order chi connectivity index (χ0) is 12.1. The van der Waals surface area contributed by atoms with E-state index in [9.17, 15) is 4.79 Å². The molecule has 0 unspecified atom stereocenters. The van der Waals surface area contributed by atoms with Gasteiger partial charge in [-0.15, -0.1) is 0 Å². The molecule has 16 heavy (non-hydrogen) atoms. The van der Waals surface area contributed by atoms with Gasteiger partial charge in [-0.05, 0) is 24.5 Å². The molecule has 0 radical (unpaired) electrons. The molecule has 0 spiro atoms. The van der Waals surface area contributed by atoms with Crippen molar-refractivity contribution in [3.8, 4) is 0 Å². The van der Waals surface area contributed by atoms with Crippen LogP contribution in [0.5, 0.6) is 0 Å². The highest BCUT2D eigenvalue weighted by molar-refractivity contribution is 5.81. The van der Waals surface area contributed by atoms with Crippen molar-refractivity contribution in [1.82, 2.24) is 10.3 Å². The Bertz CT molecular complexity index is 363. The lowest BCUT2D eigenvalue weighted by molar-refractivity contribution is -0.123. The van der Waals surface area contributed by atoms with Crippen LogP contribution in [0, 0.1) is 12.8 Å². The van der Waals surface area contributed by atoms with Gasteiger partial charge in [0.25, 0.3) is 0 Å². The fraction of sp³-hybridized carbons (Fsp3) is 0.500. The summed E-state index contributed by atoms with van der Waals surface area (Å²) < 4.78 is 0. The van der Waals surface area contributed by atoms with E-state index in [1.807, 2.05) is 32.9 Å². The standard InChI is InChI=1S/C12H19N3O/c1-8(2)11(13)12(16)15-7-10-9(3)5-4-6-14-10/h4-6,8,11H,7,13H2,1-3H3,(H,15,16)/t11-/m1/s1. The molecule has 0 saturated heterocycles. The van der Waals surface area contributed by atoms with Gasteiger partial charge in [-0.1, -0.05) is 19.9 Å². The highest BCUT2D eigenvalue weighted by Crippen LogP contribution is 2.03. The molecule has 88 valence electrons. The fourth-order valence-electron chi connectivity index (χ4n) is 1.29. The van der Waals surface area contributed by atoms with Crippen LogP contribution in [0.25, 0.3) is 0 Å². The molecule has 4 heteroatoms. The Kier molecular flexibility index (Phi) is 4.43. The number of amides is 1. The molecule has 0 aromatic carbocycles. The average Bonchev–Trinajstić information content (AvgIpc) is 2.26. The number of nitrogens with two attached hydrogens (primary N) is 1. The van der Waals surface area contributed by atoms with Crippen LogP contribution in [-0.2, 0) is 11.3 Å². The van der Waals surface area contributed by atoms with Gasteiger partial charge in [-0.25, -0.2) is 0 Å². The minimum atomic E-state index is -0.455. The number of aromatic nitrogens is 1. The Morgan fingerprint density at radius 2 is 2.25 bits per heavy atom. The first-order chi connectivity index (χ1) is 7.52. The van der Waals surface area contributed by atoms with Gasteiger partial charge < -0.3 is 11.1 Å². The summed E-state index contributed by atoms with van der Waals surface area (Å²) >= 11 is 0. The summed E-state index contributed by atoms with van der Waals surface area (Å²) in [6.07, 6.45) is 1.72. The normalized spacial score (nSPS) is 12.6. The molecule has 0 aliphatic carbocycles. The summed E-state index contributed by atoms with van der Waals surface area (Å²) in [5, 5.41) is 2.79. The van der Waals surface area contributed by atoms with E-state index in [-0.39, 0.29) is 11.8 Å². The minimum absolute atomic E-state index is 0.125. The van der Waals surface area contributed by atoms with Crippen LogP contribution >= 0.6 is 0 Å². The van der Waals surface area contributed by atoms with Gasteiger partial charge in [0.15, 0.2) is 0 Å². The third-order valence-electron chi connectivity index (χ3n) is 2.57. The van der Waals surface area contributed by atoms with Gasteiger partial charge >= 0.3 is 0 Å². The van der Waals surface area contributed by atoms with Crippen LogP contribution in [0.2, 0.25) is 0 Å². The predicted molar refractivity (Wildman–Crippen MR) is 63.6 cm³/mol. The van der Waals surface area contributed by atoms with E-state index in [1.165, 1.54) is 0 Å². The van der Waals surface area contributed by atoms with Crippen LogP contribution in [-0.4, -0.2) is 16.9 Å². The zero-order valence-electron chi connectivity index (χ0n) is 10.0. The van der Waals surface area contributed by atoms with Crippen LogP contribution in [0.1, 0.15) is 25.1 Å². The Morgan fingerprint density at radius 1 is 1.56 bits per heavy atom. The van der Waals surface area contributed by atoms with E-state index in [0.717, 1.165) is 11.3 Å². The Morgan fingerprint density at radius 3 is 2.81 bits per heavy atom. The molecule has 1 aromatic heterocycles. The van der Waals surface area contributed by atoms with Crippen LogP contribution in [0.4, 0.5) is 0 Å². The van der Waals surface area contributed by atoms with Crippen molar-refractivity contribution in [2.45, 2.75) is 33.4 Å². The SMILES string of the molecule is Cc1cccnc1CNC(=O)[C@H](N)C(C)C. The summed E-state index contributed by atoms with van der Waals surface area (Å²) in [6.45, 7) is 6.26. The molecule has 0 saturated carbocycles. The van der Waals surface area contributed by atoms with Crippen LogP contribution in [0.3, 0.4) is 0 Å². The Labute approximate surface area is 96.3 Å². The summed E-state index contributed by atoms with van der Waals surface area (Å²) in [5.74, 6) is 0.0184. The lowest BCUT2D eigenvalue weighted by Crippen LogP contribution is -2.43. The monoisotopic (exact) mass is 221 g/mol. The molecular weight excluding hydrogens is 202 g/mol. The van der Waals surface area contributed by atoms with E-state index in [2.05, 4.69) is 10.3 Å². The number of nitrogens with zero attached hydrogens (tertiary/aromatic N) is 1. The van der Waals surface area contributed by atoms with Crippen molar-refractivity contribution in [1.29, 1.82) is 0 Å². The van der Waals surface area contributed by atoms with E-state index >= 15 is 0 Å². The number of nitrogens with one attached hydrogen (secondary N) is 1. The predicted octanol–water partition coefficient (Wildman–Crippen LogP) is 0.990. The number of carbonyl (C=O) groups excluding carboxylic acids is 1.